The van der Waals surface area contributed by atoms with Crippen LogP contribution in [-0.2, 0) is 9.59 Å². The maximum atomic E-state index is 13.7. The predicted molar refractivity (Wildman–Crippen MR) is 142 cm³/mol. The summed E-state index contributed by atoms with van der Waals surface area (Å²) in [7, 11) is 0. The third kappa shape index (κ3) is 5.49. The van der Waals surface area contributed by atoms with Gasteiger partial charge >= 0.3 is 0 Å². The Balaban J connectivity index is 1.51. The molecule has 1 fully saturated rings. The van der Waals surface area contributed by atoms with Gasteiger partial charge in [-0.3, -0.25) is 19.3 Å². The first-order valence-corrected chi connectivity index (χ1v) is 12.5. The van der Waals surface area contributed by atoms with Crippen LogP contribution in [0.25, 0.3) is 0 Å². The summed E-state index contributed by atoms with van der Waals surface area (Å²) in [6.45, 7) is 4.54. The van der Waals surface area contributed by atoms with Crippen molar-refractivity contribution in [1.29, 1.82) is 0 Å². The van der Waals surface area contributed by atoms with E-state index in [2.05, 4.69) is 10.6 Å². The van der Waals surface area contributed by atoms with Crippen molar-refractivity contribution in [2.24, 2.45) is 0 Å². The molecule has 1 saturated heterocycles. The molecular weight excluding hydrogens is 468 g/mol. The van der Waals surface area contributed by atoms with E-state index in [4.69, 9.17) is 4.74 Å². The molecule has 0 aliphatic carbocycles. The average molecular weight is 499 g/mol. The van der Waals surface area contributed by atoms with Crippen molar-refractivity contribution in [3.63, 3.8) is 0 Å². The molecular formula is C29H30N4O4. The standard InChI is InChI=1S/C29H30N4O4/c1-20-7-9-21(10-8-20)26-18-27(34)31-24-17-22(29(36)32-15-13-30-14-16-32)11-12-25(24)33(26)28(35)19-37-23-5-3-2-4-6-23/h2-12,17,26,30H,13-16,18-19H2,1H3,(H,31,34). The van der Waals surface area contributed by atoms with Crippen molar-refractivity contribution in [3.05, 3.63) is 89.5 Å². The van der Waals surface area contributed by atoms with Crippen LogP contribution in [-0.4, -0.2) is 55.4 Å². The average Bonchev–Trinajstić information content (AvgIpc) is 3.08. The van der Waals surface area contributed by atoms with E-state index in [1.807, 2.05) is 49.4 Å². The van der Waals surface area contributed by atoms with E-state index < -0.39 is 6.04 Å². The summed E-state index contributed by atoms with van der Waals surface area (Å²) < 4.78 is 5.79. The Labute approximate surface area is 216 Å². The van der Waals surface area contributed by atoms with Gasteiger partial charge in [0.1, 0.15) is 5.75 Å². The van der Waals surface area contributed by atoms with Gasteiger partial charge in [-0.15, -0.1) is 0 Å². The number of piperazine rings is 1. The van der Waals surface area contributed by atoms with E-state index >= 15 is 0 Å². The van der Waals surface area contributed by atoms with Crippen molar-refractivity contribution in [3.8, 4) is 5.75 Å². The summed E-state index contributed by atoms with van der Waals surface area (Å²) >= 11 is 0. The van der Waals surface area contributed by atoms with Gasteiger partial charge in [-0.1, -0.05) is 48.0 Å². The van der Waals surface area contributed by atoms with E-state index in [0.717, 1.165) is 24.2 Å². The van der Waals surface area contributed by atoms with Crippen molar-refractivity contribution in [1.82, 2.24) is 10.2 Å². The molecule has 190 valence electrons. The molecule has 1 unspecified atom stereocenters. The third-order valence-corrected chi connectivity index (χ3v) is 6.71. The lowest BCUT2D eigenvalue weighted by molar-refractivity contribution is -0.121. The van der Waals surface area contributed by atoms with Gasteiger partial charge in [0, 0.05) is 31.7 Å². The molecule has 3 aromatic rings. The molecule has 0 saturated carbocycles. The Hall–Kier alpha value is -4.17. The van der Waals surface area contributed by atoms with Gasteiger partial charge in [0.15, 0.2) is 6.61 Å². The molecule has 0 spiro atoms. The highest BCUT2D eigenvalue weighted by molar-refractivity contribution is 6.07. The Kier molecular flexibility index (Phi) is 7.18. The van der Waals surface area contributed by atoms with Crippen molar-refractivity contribution >= 4 is 29.1 Å². The second-order valence-electron chi connectivity index (χ2n) is 9.32. The number of carbonyl (C=O) groups is 3. The Morgan fingerprint density at radius 2 is 1.70 bits per heavy atom. The first-order valence-electron chi connectivity index (χ1n) is 12.5. The number of fused-ring (bicyclic) bond motifs is 1. The summed E-state index contributed by atoms with van der Waals surface area (Å²) in [6.07, 6.45) is 0.0793. The fraction of sp³-hybridized carbons (Fsp3) is 0.276. The predicted octanol–water partition coefficient (Wildman–Crippen LogP) is 3.54. The van der Waals surface area contributed by atoms with Gasteiger partial charge in [-0.05, 0) is 42.8 Å². The van der Waals surface area contributed by atoms with Crippen LogP contribution in [0.2, 0.25) is 0 Å². The van der Waals surface area contributed by atoms with Crippen molar-refractivity contribution in [2.45, 2.75) is 19.4 Å². The Bertz CT molecular complexity index is 1290. The molecule has 2 heterocycles. The minimum absolute atomic E-state index is 0.0793. The monoisotopic (exact) mass is 498 g/mol. The van der Waals surface area contributed by atoms with E-state index in [-0.39, 0.29) is 30.7 Å². The number of carbonyl (C=O) groups excluding carboxylic acids is 3. The lowest BCUT2D eigenvalue weighted by Gasteiger charge is -2.31. The maximum Gasteiger partial charge on any atom is 0.265 e. The van der Waals surface area contributed by atoms with E-state index in [1.54, 1.807) is 40.1 Å². The van der Waals surface area contributed by atoms with Gasteiger partial charge < -0.3 is 20.3 Å². The SMILES string of the molecule is Cc1ccc(C2CC(=O)Nc3cc(C(=O)N4CCNCC4)ccc3N2C(=O)COc2ccccc2)cc1. The second kappa shape index (κ2) is 10.8. The zero-order valence-corrected chi connectivity index (χ0v) is 20.8. The molecule has 5 rings (SSSR count). The zero-order valence-electron chi connectivity index (χ0n) is 20.8. The lowest BCUT2D eigenvalue weighted by atomic mass is 9.99. The Morgan fingerprint density at radius 3 is 2.43 bits per heavy atom. The molecule has 2 aliphatic rings. The molecule has 0 radical (unpaired) electrons. The largest absolute Gasteiger partial charge is 0.484 e. The molecule has 3 aromatic carbocycles. The highest BCUT2D eigenvalue weighted by atomic mass is 16.5. The molecule has 8 nitrogen and oxygen atoms in total. The lowest BCUT2D eigenvalue weighted by Crippen LogP contribution is -2.46. The number of nitrogens with one attached hydrogen (secondary N) is 2. The van der Waals surface area contributed by atoms with Crippen LogP contribution in [0.5, 0.6) is 5.75 Å². The first kappa shape index (κ1) is 24.5. The van der Waals surface area contributed by atoms with Gasteiger partial charge in [0.2, 0.25) is 5.91 Å². The van der Waals surface area contributed by atoms with Crippen LogP contribution in [0.3, 0.4) is 0 Å². The summed E-state index contributed by atoms with van der Waals surface area (Å²) in [5, 5.41) is 6.18. The molecule has 3 amide bonds. The maximum absolute atomic E-state index is 13.7. The van der Waals surface area contributed by atoms with Gasteiger partial charge in [-0.2, -0.15) is 0 Å². The van der Waals surface area contributed by atoms with Crippen LogP contribution in [0.1, 0.15) is 33.9 Å². The quantitative estimate of drug-likeness (QED) is 0.562. The number of amides is 3. The number of benzene rings is 3. The van der Waals surface area contributed by atoms with E-state index in [9.17, 15) is 14.4 Å². The fourth-order valence-corrected chi connectivity index (χ4v) is 4.76. The highest BCUT2D eigenvalue weighted by Crippen LogP contribution is 2.39. The van der Waals surface area contributed by atoms with Crippen LogP contribution in [0.4, 0.5) is 11.4 Å². The zero-order chi connectivity index (χ0) is 25.8. The van der Waals surface area contributed by atoms with E-state index in [1.165, 1.54) is 0 Å². The number of hydrogen-bond acceptors (Lipinski definition) is 5. The number of nitrogens with zero attached hydrogens (tertiary/aromatic N) is 2. The molecule has 37 heavy (non-hydrogen) atoms. The summed E-state index contributed by atoms with van der Waals surface area (Å²) in [4.78, 5) is 43.3. The molecule has 2 aliphatic heterocycles. The summed E-state index contributed by atoms with van der Waals surface area (Å²) in [5.74, 6) is -0.0154. The minimum Gasteiger partial charge on any atom is -0.484 e. The summed E-state index contributed by atoms with van der Waals surface area (Å²) in [6, 6.07) is 21.6. The first-order chi connectivity index (χ1) is 18.0. The topological polar surface area (TPSA) is 91.0 Å². The third-order valence-electron chi connectivity index (χ3n) is 6.71. The molecule has 0 aromatic heterocycles. The van der Waals surface area contributed by atoms with Crippen molar-refractivity contribution in [2.75, 3.05) is 43.0 Å². The van der Waals surface area contributed by atoms with Gasteiger partial charge in [0.25, 0.3) is 11.8 Å². The van der Waals surface area contributed by atoms with E-state index in [0.29, 0.717) is 35.8 Å². The smallest absolute Gasteiger partial charge is 0.265 e. The Morgan fingerprint density at radius 1 is 0.973 bits per heavy atom. The molecule has 1 atom stereocenters. The second-order valence-corrected chi connectivity index (χ2v) is 9.32. The molecule has 8 heteroatoms. The van der Waals surface area contributed by atoms with Crippen LogP contribution in [0.15, 0.2) is 72.8 Å². The van der Waals surface area contributed by atoms with Gasteiger partial charge in [-0.25, -0.2) is 0 Å². The fourth-order valence-electron chi connectivity index (χ4n) is 4.76. The number of hydrogen-bond donors (Lipinski definition) is 2. The van der Waals surface area contributed by atoms with Crippen molar-refractivity contribution < 1.29 is 19.1 Å². The highest BCUT2D eigenvalue weighted by Gasteiger charge is 2.34. The molecule has 0 bridgehead atoms. The van der Waals surface area contributed by atoms with Gasteiger partial charge in [0.05, 0.1) is 23.8 Å². The number of anilines is 2. The number of ether oxygens (including phenoxy) is 1. The number of para-hydroxylation sites is 1. The van der Waals surface area contributed by atoms with Crippen LogP contribution in [0, 0.1) is 6.92 Å². The number of aryl methyl sites for hydroxylation is 1. The number of rotatable bonds is 5. The molecule has 2 N–H and O–H groups in total. The van der Waals surface area contributed by atoms with Crippen LogP contribution >= 0.6 is 0 Å². The summed E-state index contributed by atoms with van der Waals surface area (Å²) in [5.41, 5.74) is 3.39. The van der Waals surface area contributed by atoms with Crippen LogP contribution < -0.4 is 20.3 Å². The minimum atomic E-state index is -0.525. The normalized spacial score (nSPS) is 17.4.